The zero-order valence-corrected chi connectivity index (χ0v) is 12.1. The third-order valence-electron chi connectivity index (χ3n) is 3.19. The Kier molecular flexibility index (Phi) is 4.42. The Labute approximate surface area is 123 Å². The first-order chi connectivity index (χ1) is 9.97. The molecule has 0 radical (unpaired) electrons. The van der Waals surface area contributed by atoms with E-state index in [-0.39, 0.29) is 11.3 Å². The highest BCUT2D eigenvalue weighted by Gasteiger charge is 2.07. The SMILES string of the molecule is CN(C)c1ccc(CNc2cc(C(N)=O)ccc2F)cc1. The molecule has 0 saturated heterocycles. The number of halogens is 1. The molecule has 0 unspecified atom stereocenters. The van der Waals surface area contributed by atoms with Crippen LogP contribution in [0.3, 0.4) is 0 Å². The van der Waals surface area contributed by atoms with E-state index in [9.17, 15) is 9.18 Å². The maximum Gasteiger partial charge on any atom is 0.248 e. The minimum atomic E-state index is -0.576. The Hall–Kier alpha value is -2.56. The van der Waals surface area contributed by atoms with E-state index in [1.54, 1.807) is 0 Å². The average molecular weight is 287 g/mol. The van der Waals surface area contributed by atoms with Gasteiger partial charge in [0.05, 0.1) is 5.69 Å². The molecular weight excluding hydrogens is 269 g/mol. The predicted molar refractivity (Wildman–Crippen MR) is 83.0 cm³/mol. The molecule has 4 nitrogen and oxygen atoms in total. The highest BCUT2D eigenvalue weighted by molar-refractivity contribution is 5.93. The Morgan fingerprint density at radius 2 is 1.86 bits per heavy atom. The molecule has 0 aromatic heterocycles. The topological polar surface area (TPSA) is 58.4 Å². The molecule has 2 rings (SSSR count). The minimum absolute atomic E-state index is 0.267. The van der Waals surface area contributed by atoms with Gasteiger partial charge in [-0.2, -0.15) is 0 Å². The molecule has 0 bridgehead atoms. The summed E-state index contributed by atoms with van der Waals surface area (Å²) in [7, 11) is 3.94. The fourth-order valence-corrected chi connectivity index (χ4v) is 1.92. The molecule has 0 aliphatic carbocycles. The van der Waals surface area contributed by atoms with Gasteiger partial charge in [0.2, 0.25) is 5.91 Å². The van der Waals surface area contributed by atoms with Crippen LogP contribution in [0.1, 0.15) is 15.9 Å². The van der Waals surface area contributed by atoms with Crippen LogP contribution >= 0.6 is 0 Å². The van der Waals surface area contributed by atoms with Crippen LogP contribution < -0.4 is 16.0 Å². The smallest absolute Gasteiger partial charge is 0.248 e. The second-order valence-corrected chi connectivity index (χ2v) is 4.97. The highest BCUT2D eigenvalue weighted by atomic mass is 19.1. The summed E-state index contributed by atoms with van der Waals surface area (Å²) >= 11 is 0. The van der Waals surface area contributed by atoms with E-state index in [0.29, 0.717) is 6.54 Å². The van der Waals surface area contributed by atoms with Crippen molar-refractivity contribution in [2.24, 2.45) is 5.73 Å². The molecule has 0 spiro atoms. The van der Waals surface area contributed by atoms with Crippen LogP contribution in [-0.2, 0) is 6.54 Å². The molecule has 2 aromatic rings. The quantitative estimate of drug-likeness (QED) is 0.888. The van der Waals surface area contributed by atoms with E-state index in [1.165, 1.54) is 18.2 Å². The van der Waals surface area contributed by atoms with Gasteiger partial charge < -0.3 is 16.0 Å². The first-order valence-electron chi connectivity index (χ1n) is 6.57. The summed E-state index contributed by atoms with van der Waals surface area (Å²) in [5, 5.41) is 2.98. The first kappa shape index (κ1) is 14.8. The largest absolute Gasteiger partial charge is 0.379 e. The second-order valence-electron chi connectivity index (χ2n) is 4.97. The van der Waals surface area contributed by atoms with Crippen LogP contribution in [0.2, 0.25) is 0 Å². The van der Waals surface area contributed by atoms with Crippen LogP contribution in [0.5, 0.6) is 0 Å². The number of amides is 1. The van der Waals surface area contributed by atoms with Gasteiger partial charge in [-0.3, -0.25) is 4.79 Å². The van der Waals surface area contributed by atoms with Crippen molar-refractivity contribution in [2.45, 2.75) is 6.54 Å². The molecule has 0 atom stereocenters. The lowest BCUT2D eigenvalue weighted by Gasteiger charge is -2.13. The number of hydrogen-bond acceptors (Lipinski definition) is 3. The van der Waals surface area contributed by atoms with Crippen LogP contribution in [0.25, 0.3) is 0 Å². The number of nitrogens with two attached hydrogens (primary N) is 1. The number of primary amides is 1. The summed E-state index contributed by atoms with van der Waals surface area (Å²) in [6, 6.07) is 12.0. The van der Waals surface area contributed by atoms with Crippen LogP contribution in [0.15, 0.2) is 42.5 Å². The van der Waals surface area contributed by atoms with Crippen molar-refractivity contribution in [1.82, 2.24) is 0 Å². The number of benzene rings is 2. The zero-order valence-electron chi connectivity index (χ0n) is 12.1. The molecular formula is C16H18FN3O. The van der Waals surface area contributed by atoms with Gasteiger partial charge in [0.15, 0.2) is 0 Å². The Morgan fingerprint density at radius 1 is 1.19 bits per heavy atom. The number of nitrogens with zero attached hydrogens (tertiary/aromatic N) is 1. The van der Waals surface area contributed by atoms with Crippen LogP contribution in [-0.4, -0.2) is 20.0 Å². The third-order valence-corrected chi connectivity index (χ3v) is 3.19. The molecule has 0 heterocycles. The minimum Gasteiger partial charge on any atom is -0.379 e. The van der Waals surface area contributed by atoms with Gasteiger partial charge in [0.25, 0.3) is 0 Å². The van der Waals surface area contributed by atoms with Gasteiger partial charge in [-0.15, -0.1) is 0 Å². The zero-order chi connectivity index (χ0) is 15.4. The van der Waals surface area contributed by atoms with Crippen molar-refractivity contribution < 1.29 is 9.18 Å². The number of nitrogens with one attached hydrogen (secondary N) is 1. The third kappa shape index (κ3) is 3.72. The fraction of sp³-hybridized carbons (Fsp3) is 0.188. The van der Waals surface area contributed by atoms with E-state index < -0.39 is 11.7 Å². The van der Waals surface area contributed by atoms with Crippen molar-refractivity contribution in [1.29, 1.82) is 0 Å². The lowest BCUT2D eigenvalue weighted by molar-refractivity contribution is 0.100. The normalized spacial score (nSPS) is 10.2. The molecule has 2 aromatic carbocycles. The van der Waals surface area contributed by atoms with Gasteiger partial charge in [0.1, 0.15) is 5.82 Å². The predicted octanol–water partition coefficient (Wildman–Crippen LogP) is 2.60. The Bertz CT molecular complexity index is 638. The summed E-state index contributed by atoms with van der Waals surface area (Å²) < 4.78 is 13.7. The summed E-state index contributed by atoms with van der Waals surface area (Å²) in [5.41, 5.74) is 7.85. The van der Waals surface area contributed by atoms with E-state index in [4.69, 9.17) is 5.73 Å². The van der Waals surface area contributed by atoms with Crippen molar-refractivity contribution in [3.8, 4) is 0 Å². The molecule has 0 saturated carbocycles. The van der Waals surface area contributed by atoms with E-state index in [1.807, 2.05) is 43.3 Å². The van der Waals surface area contributed by atoms with Crippen molar-refractivity contribution >= 4 is 17.3 Å². The summed E-state index contributed by atoms with van der Waals surface area (Å²) in [5.74, 6) is -0.988. The van der Waals surface area contributed by atoms with Crippen LogP contribution in [0, 0.1) is 5.82 Å². The molecule has 0 aliphatic heterocycles. The number of carbonyl (C=O) groups is 1. The molecule has 3 N–H and O–H groups in total. The average Bonchev–Trinajstić information content (AvgIpc) is 2.46. The van der Waals surface area contributed by atoms with Gasteiger partial charge in [-0.1, -0.05) is 12.1 Å². The summed E-state index contributed by atoms with van der Waals surface area (Å²) in [6.45, 7) is 0.465. The van der Waals surface area contributed by atoms with Gasteiger partial charge >= 0.3 is 0 Å². The Balaban J connectivity index is 2.09. The van der Waals surface area contributed by atoms with Crippen molar-refractivity contribution in [3.05, 3.63) is 59.4 Å². The number of carbonyl (C=O) groups excluding carboxylic acids is 1. The van der Waals surface area contributed by atoms with Gasteiger partial charge in [-0.25, -0.2) is 4.39 Å². The lowest BCUT2D eigenvalue weighted by Crippen LogP contribution is -2.12. The van der Waals surface area contributed by atoms with E-state index >= 15 is 0 Å². The monoisotopic (exact) mass is 287 g/mol. The number of hydrogen-bond donors (Lipinski definition) is 2. The number of rotatable bonds is 5. The molecule has 110 valence electrons. The van der Waals surface area contributed by atoms with E-state index in [0.717, 1.165) is 11.3 Å². The second kappa shape index (κ2) is 6.26. The molecule has 5 heteroatoms. The van der Waals surface area contributed by atoms with Crippen LogP contribution in [0.4, 0.5) is 15.8 Å². The fourth-order valence-electron chi connectivity index (χ4n) is 1.92. The van der Waals surface area contributed by atoms with Crippen molar-refractivity contribution in [3.63, 3.8) is 0 Å². The van der Waals surface area contributed by atoms with E-state index in [2.05, 4.69) is 5.32 Å². The molecule has 1 amide bonds. The van der Waals surface area contributed by atoms with Gasteiger partial charge in [0, 0.05) is 31.9 Å². The molecule has 0 aliphatic rings. The molecule has 0 fully saturated rings. The lowest BCUT2D eigenvalue weighted by atomic mass is 10.1. The summed E-state index contributed by atoms with van der Waals surface area (Å²) in [4.78, 5) is 13.1. The maximum absolute atomic E-state index is 13.7. The standard InChI is InChI=1S/C16H18FN3O/c1-20(2)13-6-3-11(4-7-13)10-19-15-9-12(16(18)21)5-8-14(15)17/h3-9,19H,10H2,1-2H3,(H2,18,21). The Morgan fingerprint density at radius 3 is 2.43 bits per heavy atom. The maximum atomic E-state index is 13.7. The number of anilines is 2. The van der Waals surface area contributed by atoms with Gasteiger partial charge in [-0.05, 0) is 35.9 Å². The molecule has 21 heavy (non-hydrogen) atoms. The highest BCUT2D eigenvalue weighted by Crippen LogP contribution is 2.18. The summed E-state index contributed by atoms with van der Waals surface area (Å²) in [6.07, 6.45) is 0. The van der Waals surface area contributed by atoms with Crippen molar-refractivity contribution in [2.75, 3.05) is 24.3 Å². The first-order valence-corrected chi connectivity index (χ1v) is 6.57.